The van der Waals surface area contributed by atoms with Gasteiger partial charge in [-0.15, -0.1) is 0 Å². The molecular weight excluding hydrogens is 437 g/mol. The first-order valence-electron chi connectivity index (χ1n) is 11.6. The molecule has 3 rings (SSSR count). The second-order valence-corrected chi connectivity index (χ2v) is 8.70. The second kappa shape index (κ2) is 11.8. The Kier molecular flexibility index (Phi) is 8.80. The van der Waals surface area contributed by atoms with Gasteiger partial charge in [-0.1, -0.05) is 75.7 Å². The summed E-state index contributed by atoms with van der Waals surface area (Å²) in [6.45, 7) is 6.94. The lowest BCUT2D eigenvalue weighted by atomic mass is 10.0. The number of hydrogen-bond acceptors (Lipinski definition) is 2. The molecule has 2 nitrogen and oxygen atoms in total. The van der Waals surface area contributed by atoms with Crippen molar-refractivity contribution in [3.63, 3.8) is 0 Å². The van der Waals surface area contributed by atoms with Gasteiger partial charge in [0, 0.05) is 0 Å². The van der Waals surface area contributed by atoms with Gasteiger partial charge in [-0.2, -0.15) is 8.78 Å². The molecule has 34 heavy (non-hydrogen) atoms. The number of ether oxygens (including phenoxy) is 2. The Morgan fingerprint density at radius 3 is 1.97 bits per heavy atom. The van der Waals surface area contributed by atoms with Crippen LogP contribution in [-0.2, 0) is 6.42 Å². The van der Waals surface area contributed by atoms with Crippen molar-refractivity contribution < 1.29 is 22.6 Å². The van der Waals surface area contributed by atoms with Crippen LogP contribution in [0.25, 0.3) is 17.2 Å². The van der Waals surface area contributed by atoms with Crippen molar-refractivity contribution in [3.8, 4) is 22.6 Å². The van der Waals surface area contributed by atoms with Gasteiger partial charge in [0.05, 0.1) is 6.61 Å². The van der Waals surface area contributed by atoms with Crippen LogP contribution in [0.3, 0.4) is 0 Å². The van der Waals surface area contributed by atoms with Gasteiger partial charge in [-0.05, 0) is 71.4 Å². The third-order valence-electron chi connectivity index (χ3n) is 5.25. The second-order valence-electron chi connectivity index (χ2n) is 8.70. The van der Waals surface area contributed by atoms with Crippen LogP contribution in [-0.4, -0.2) is 12.7 Å². The molecule has 0 aliphatic rings. The molecule has 0 atom stereocenters. The van der Waals surface area contributed by atoms with Gasteiger partial charge in [0.2, 0.25) is 5.83 Å². The lowest BCUT2D eigenvalue weighted by Crippen LogP contribution is -2.25. The molecule has 0 amide bonds. The van der Waals surface area contributed by atoms with E-state index >= 15 is 0 Å². The van der Waals surface area contributed by atoms with Crippen LogP contribution in [0.15, 0.2) is 78.6 Å². The zero-order chi connectivity index (χ0) is 24.6. The molecule has 0 unspecified atom stereocenters. The summed E-state index contributed by atoms with van der Waals surface area (Å²) in [5.41, 5.74) is 3.17. The van der Waals surface area contributed by atoms with Crippen LogP contribution in [0.4, 0.5) is 13.2 Å². The van der Waals surface area contributed by atoms with Crippen molar-refractivity contribution in [1.82, 2.24) is 0 Å². The lowest BCUT2D eigenvalue weighted by molar-refractivity contribution is -0.155. The molecule has 0 aromatic heterocycles. The van der Waals surface area contributed by atoms with Crippen molar-refractivity contribution in [2.45, 2.75) is 46.1 Å². The Balaban J connectivity index is 1.64. The van der Waals surface area contributed by atoms with E-state index in [2.05, 4.69) is 25.5 Å². The third-order valence-corrected chi connectivity index (χ3v) is 5.25. The highest BCUT2D eigenvalue weighted by Crippen LogP contribution is 2.31. The zero-order valence-corrected chi connectivity index (χ0v) is 19.9. The van der Waals surface area contributed by atoms with Crippen molar-refractivity contribution in [2.75, 3.05) is 6.61 Å². The largest absolute Gasteiger partial charge is 0.494 e. The molecule has 0 heterocycles. The number of unbranched alkanes of at least 4 members (excludes halogenated alkanes) is 1. The van der Waals surface area contributed by atoms with Crippen molar-refractivity contribution in [2.24, 2.45) is 5.92 Å². The van der Waals surface area contributed by atoms with E-state index < -0.39 is 11.9 Å². The minimum absolute atomic E-state index is 0.0847. The summed E-state index contributed by atoms with van der Waals surface area (Å²) < 4.78 is 53.3. The molecule has 0 N–H and O–H groups in total. The smallest absolute Gasteiger partial charge is 0.454 e. The number of halogens is 3. The fourth-order valence-electron chi connectivity index (χ4n) is 3.44. The van der Waals surface area contributed by atoms with E-state index in [4.69, 9.17) is 4.74 Å². The summed E-state index contributed by atoms with van der Waals surface area (Å²) in [6.07, 6.45) is -0.365. The average molecular weight is 469 g/mol. The highest BCUT2D eigenvalue weighted by atomic mass is 19.3. The molecule has 3 aromatic rings. The highest BCUT2D eigenvalue weighted by molar-refractivity contribution is 5.66. The first kappa shape index (κ1) is 25.4. The SMILES string of the molecule is CCCCOc1ccc(-c2ccc(/C=C(\F)C(F)(F)Oc3ccc(CC(C)C)cc3)cc2)cc1. The normalized spacial score (nSPS) is 12.1. The van der Waals surface area contributed by atoms with Crippen LogP contribution in [0.5, 0.6) is 11.5 Å². The number of benzene rings is 3. The van der Waals surface area contributed by atoms with Gasteiger partial charge in [0.1, 0.15) is 11.5 Å². The molecule has 180 valence electrons. The maximum absolute atomic E-state index is 14.4. The Morgan fingerprint density at radius 1 is 0.853 bits per heavy atom. The highest BCUT2D eigenvalue weighted by Gasteiger charge is 2.38. The van der Waals surface area contributed by atoms with E-state index in [-0.39, 0.29) is 5.75 Å². The Morgan fingerprint density at radius 2 is 1.41 bits per heavy atom. The summed E-state index contributed by atoms with van der Waals surface area (Å²) in [7, 11) is 0. The van der Waals surface area contributed by atoms with Crippen LogP contribution < -0.4 is 9.47 Å². The van der Waals surface area contributed by atoms with Crippen LogP contribution >= 0.6 is 0 Å². The maximum Gasteiger partial charge on any atom is 0.454 e. The molecule has 3 aromatic carbocycles. The topological polar surface area (TPSA) is 18.5 Å². The molecule has 0 saturated carbocycles. The van der Waals surface area contributed by atoms with Crippen molar-refractivity contribution in [3.05, 3.63) is 89.8 Å². The van der Waals surface area contributed by atoms with E-state index in [1.54, 1.807) is 36.4 Å². The fraction of sp³-hybridized carbons (Fsp3) is 0.310. The summed E-state index contributed by atoms with van der Waals surface area (Å²) in [6, 6.07) is 20.7. The third kappa shape index (κ3) is 7.41. The minimum Gasteiger partial charge on any atom is -0.494 e. The van der Waals surface area contributed by atoms with Crippen LogP contribution in [0.1, 0.15) is 44.7 Å². The monoisotopic (exact) mass is 468 g/mol. The Labute approximate surface area is 200 Å². The van der Waals surface area contributed by atoms with E-state index in [0.717, 1.165) is 47.8 Å². The van der Waals surface area contributed by atoms with E-state index in [0.29, 0.717) is 18.1 Å². The predicted molar refractivity (Wildman–Crippen MR) is 132 cm³/mol. The van der Waals surface area contributed by atoms with E-state index in [1.165, 1.54) is 12.1 Å². The standard InChI is InChI=1S/C29H31F3O2/c1-4-5-18-33-26-16-12-25(13-17-26)24-10-6-23(7-11-24)20-28(30)29(31,32)34-27-14-8-22(9-15-27)19-21(2)3/h6-17,20-21H,4-5,18-19H2,1-3H3/b28-20-. The Bertz CT molecular complexity index is 1050. The van der Waals surface area contributed by atoms with Crippen LogP contribution in [0, 0.1) is 5.92 Å². The quantitative estimate of drug-likeness (QED) is 0.262. The first-order chi connectivity index (χ1) is 16.3. The molecular formula is C29H31F3O2. The molecule has 0 fully saturated rings. The zero-order valence-electron chi connectivity index (χ0n) is 19.9. The summed E-state index contributed by atoms with van der Waals surface area (Å²) in [4.78, 5) is 0. The van der Waals surface area contributed by atoms with Gasteiger partial charge in [-0.3, -0.25) is 0 Å². The number of rotatable bonds is 11. The van der Waals surface area contributed by atoms with Gasteiger partial charge < -0.3 is 9.47 Å². The van der Waals surface area contributed by atoms with Gasteiger partial charge in [0.25, 0.3) is 0 Å². The molecule has 0 bridgehead atoms. The minimum atomic E-state index is -4.06. The van der Waals surface area contributed by atoms with Crippen molar-refractivity contribution in [1.29, 1.82) is 0 Å². The van der Waals surface area contributed by atoms with Crippen molar-refractivity contribution >= 4 is 6.08 Å². The average Bonchev–Trinajstić information content (AvgIpc) is 2.81. The summed E-state index contributed by atoms with van der Waals surface area (Å²) >= 11 is 0. The number of alkyl halides is 2. The van der Waals surface area contributed by atoms with Gasteiger partial charge >= 0.3 is 6.11 Å². The molecule has 0 spiro atoms. The summed E-state index contributed by atoms with van der Waals surface area (Å²) in [5, 5.41) is 0. The molecule has 5 heteroatoms. The predicted octanol–water partition coefficient (Wildman–Crippen LogP) is 8.71. The lowest BCUT2D eigenvalue weighted by Gasteiger charge is -2.17. The molecule has 0 aliphatic heterocycles. The van der Waals surface area contributed by atoms with Crippen LogP contribution in [0.2, 0.25) is 0 Å². The first-order valence-corrected chi connectivity index (χ1v) is 11.6. The van der Waals surface area contributed by atoms with E-state index in [1.807, 2.05) is 24.3 Å². The fourth-order valence-corrected chi connectivity index (χ4v) is 3.44. The van der Waals surface area contributed by atoms with Gasteiger partial charge in [0.15, 0.2) is 0 Å². The Hall–Kier alpha value is -3.21. The van der Waals surface area contributed by atoms with E-state index in [9.17, 15) is 13.2 Å². The maximum atomic E-state index is 14.4. The van der Waals surface area contributed by atoms with Gasteiger partial charge in [-0.25, -0.2) is 4.39 Å². The number of hydrogen-bond donors (Lipinski definition) is 0. The summed E-state index contributed by atoms with van der Waals surface area (Å²) in [5.74, 6) is -0.488. The molecule has 0 aliphatic carbocycles. The molecule has 0 radical (unpaired) electrons. The molecule has 0 saturated heterocycles.